The number of nitrogens with zero attached hydrogens (tertiary/aromatic N) is 3. The van der Waals surface area contributed by atoms with E-state index in [4.69, 9.17) is 4.74 Å². The van der Waals surface area contributed by atoms with Crippen molar-refractivity contribution in [2.24, 2.45) is 0 Å². The molecule has 3 heterocycles. The number of aromatic nitrogens is 2. The molecule has 2 aliphatic rings. The van der Waals surface area contributed by atoms with E-state index >= 15 is 0 Å². The number of hydrogen-bond acceptors (Lipinski definition) is 6. The Morgan fingerprint density at radius 2 is 2.00 bits per heavy atom. The number of pyridine rings is 1. The molecule has 0 unspecified atom stereocenters. The van der Waals surface area contributed by atoms with Gasteiger partial charge in [0.25, 0.3) is 5.91 Å². The van der Waals surface area contributed by atoms with Gasteiger partial charge >= 0.3 is 0 Å². The van der Waals surface area contributed by atoms with Crippen molar-refractivity contribution in [1.82, 2.24) is 20.2 Å². The molecular formula is C29H32N4O2SSi. The second-order valence-electron chi connectivity index (χ2n) is 10.8. The van der Waals surface area contributed by atoms with E-state index in [1.165, 1.54) is 6.42 Å². The fraction of sp³-hybridized carbons (Fsp3) is 0.345. The Morgan fingerprint density at radius 1 is 1.16 bits per heavy atom. The normalized spacial score (nSPS) is 20.5. The lowest BCUT2D eigenvalue weighted by molar-refractivity contribution is 0.0408. The third-order valence-electron chi connectivity index (χ3n) is 8.16. The number of likely N-dealkylation sites (tertiary alicyclic amines) is 1. The standard InChI is InChI=1S/C29H32N4O2SSi/c1-18-6-7-21(35-17-29(37)10-12-33(29)3)15-23(18)27(34)32-28(8-9-28)24-13-20(26-16-31-19(2)36-26)14-25-22(24)5-4-11-30-25/h4-7,11,13-16H,8-10,12,17H2,1-3,37H3,(H,32,34)/t29-/m0/s1. The summed E-state index contributed by atoms with van der Waals surface area (Å²) < 4.78 is 6.18. The monoisotopic (exact) mass is 528 g/mol. The second-order valence-corrected chi connectivity index (χ2v) is 13.9. The van der Waals surface area contributed by atoms with E-state index in [1.807, 2.05) is 50.5 Å². The maximum atomic E-state index is 13.7. The number of rotatable bonds is 7. The van der Waals surface area contributed by atoms with Gasteiger partial charge in [0, 0.05) is 38.7 Å². The second kappa shape index (κ2) is 9.04. The van der Waals surface area contributed by atoms with Gasteiger partial charge in [-0.05, 0) is 93.7 Å². The number of carbonyl (C=O) groups excluding carboxylic acids is 1. The van der Waals surface area contributed by atoms with Crippen molar-refractivity contribution in [1.29, 1.82) is 0 Å². The number of fused-ring (bicyclic) bond motifs is 1. The topological polar surface area (TPSA) is 67.3 Å². The molecule has 2 aromatic heterocycles. The van der Waals surface area contributed by atoms with E-state index < -0.39 is 5.54 Å². The molecule has 1 aliphatic carbocycles. The number of amides is 1. The zero-order chi connectivity index (χ0) is 25.8. The van der Waals surface area contributed by atoms with E-state index in [2.05, 4.69) is 45.4 Å². The van der Waals surface area contributed by atoms with Gasteiger partial charge in [-0.3, -0.25) is 9.78 Å². The summed E-state index contributed by atoms with van der Waals surface area (Å²) in [6, 6.07) is 14.3. The van der Waals surface area contributed by atoms with E-state index in [9.17, 15) is 4.79 Å². The van der Waals surface area contributed by atoms with Crippen molar-refractivity contribution < 1.29 is 9.53 Å². The molecule has 1 N–H and O–H groups in total. The number of likely N-dealkylation sites (N-methyl/N-ethyl adjacent to an activating group) is 1. The number of hydrogen-bond donors (Lipinski definition) is 1. The minimum absolute atomic E-state index is 0.0575. The molecule has 1 amide bonds. The molecular weight excluding hydrogens is 496 g/mol. The van der Waals surface area contributed by atoms with Crippen LogP contribution >= 0.6 is 11.3 Å². The average molecular weight is 529 g/mol. The predicted molar refractivity (Wildman–Crippen MR) is 153 cm³/mol. The maximum Gasteiger partial charge on any atom is 0.252 e. The lowest BCUT2D eigenvalue weighted by Crippen LogP contribution is -2.61. The van der Waals surface area contributed by atoms with E-state index in [-0.39, 0.29) is 11.1 Å². The van der Waals surface area contributed by atoms with Crippen LogP contribution < -0.4 is 10.1 Å². The fourth-order valence-electron chi connectivity index (χ4n) is 5.16. The number of thiazole rings is 1. The summed E-state index contributed by atoms with van der Waals surface area (Å²) in [6.45, 7) is 5.80. The lowest BCUT2D eigenvalue weighted by Gasteiger charge is -2.48. The molecule has 2 aromatic carbocycles. The van der Waals surface area contributed by atoms with Crippen molar-refractivity contribution in [2.45, 2.75) is 43.8 Å². The summed E-state index contributed by atoms with van der Waals surface area (Å²) >= 11 is 1.67. The Labute approximate surface area is 224 Å². The van der Waals surface area contributed by atoms with Crippen LogP contribution in [0.1, 0.15) is 45.8 Å². The van der Waals surface area contributed by atoms with Crippen LogP contribution in [0.5, 0.6) is 5.75 Å². The highest BCUT2D eigenvalue weighted by Crippen LogP contribution is 2.49. The molecule has 6 nitrogen and oxygen atoms in total. The molecule has 190 valence electrons. The van der Waals surface area contributed by atoms with Crippen molar-refractivity contribution in [3.05, 3.63) is 76.6 Å². The van der Waals surface area contributed by atoms with Gasteiger partial charge < -0.3 is 15.0 Å². The Balaban J connectivity index is 1.29. The molecule has 1 atom stereocenters. The third-order valence-corrected chi connectivity index (χ3v) is 10.7. The van der Waals surface area contributed by atoms with Crippen LogP contribution in [-0.2, 0) is 5.54 Å². The molecule has 4 aromatic rings. The van der Waals surface area contributed by atoms with Crippen LogP contribution in [0.2, 0.25) is 0 Å². The largest absolute Gasteiger partial charge is 0.492 e. The van der Waals surface area contributed by atoms with Crippen LogP contribution in [0.25, 0.3) is 21.3 Å². The molecule has 1 saturated heterocycles. The van der Waals surface area contributed by atoms with E-state index in [0.29, 0.717) is 12.2 Å². The Hall–Kier alpha value is -3.07. The molecule has 1 aliphatic heterocycles. The quantitative estimate of drug-likeness (QED) is 0.365. The van der Waals surface area contributed by atoms with Crippen LogP contribution in [0.4, 0.5) is 0 Å². The summed E-state index contributed by atoms with van der Waals surface area (Å²) in [7, 11) is 3.22. The van der Waals surface area contributed by atoms with Gasteiger partial charge in [0.1, 0.15) is 12.4 Å². The molecule has 2 fully saturated rings. The molecule has 0 radical (unpaired) electrons. The van der Waals surface area contributed by atoms with Gasteiger partial charge in [-0.1, -0.05) is 12.1 Å². The van der Waals surface area contributed by atoms with Crippen molar-refractivity contribution in [2.75, 3.05) is 20.2 Å². The number of ether oxygens (including phenoxy) is 1. The van der Waals surface area contributed by atoms with Crippen molar-refractivity contribution >= 4 is 38.4 Å². The molecule has 1 saturated carbocycles. The highest BCUT2D eigenvalue weighted by atomic mass is 32.1. The van der Waals surface area contributed by atoms with E-state index in [1.54, 1.807) is 11.3 Å². The smallest absolute Gasteiger partial charge is 0.252 e. The first-order valence-corrected chi connectivity index (χ1v) is 14.7. The van der Waals surface area contributed by atoms with Gasteiger partial charge in [-0.25, -0.2) is 4.98 Å². The number of carbonyl (C=O) groups is 1. The fourth-order valence-corrected chi connectivity index (χ4v) is 6.52. The molecule has 37 heavy (non-hydrogen) atoms. The molecule has 8 heteroatoms. The Bertz CT molecular complexity index is 1520. The number of aryl methyl sites for hydroxylation is 2. The van der Waals surface area contributed by atoms with E-state index in [0.717, 1.165) is 72.9 Å². The first-order chi connectivity index (χ1) is 17.8. The van der Waals surface area contributed by atoms with Crippen LogP contribution in [-0.4, -0.2) is 56.4 Å². The summed E-state index contributed by atoms with van der Waals surface area (Å²) in [4.78, 5) is 26.3. The predicted octanol–water partition coefficient (Wildman–Crippen LogP) is 4.17. The van der Waals surface area contributed by atoms with Crippen LogP contribution in [0, 0.1) is 13.8 Å². The minimum Gasteiger partial charge on any atom is -0.492 e. The van der Waals surface area contributed by atoms with Gasteiger partial charge in [0.2, 0.25) is 0 Å². The average Bonchev–Trinajstić information content (AvgIpc) is 3.55. The molecule has 0 bridgehead atoms. The highest BCUT2D eigenvalue weighted by Gasteiger charge is 2.47. The number of nitrogens with one attached hydrogen (secondary N) is 1. The summed E-state index contributed by atoms with van der Waals surface area (Å²) in [5.74, 6) is 0.700. The van der Waals surface area contributed by atoms with Gasteiger partial charge in [0.15, 0.2) is 0 Å². The zero-order valence-electron chi connectivity index (χ0n) is 21.8. The first-order valence-electron chi connectivity index (χ1n) is 12.9. The van der Waals surface area contributed by atoms with Crippen LogP contribution in [0.15, 0.2) is 54.9 Å². The molecule has 0 spiro atoms. The Kier molecular flexibility index (Phi) is 5.93. The van der Waals surface area contributed by atoms with Crippen molar-refractivity contribution in [3.63, 3.8) is 0 Å². The van der Waals surface area contributed by atoms with Crippen LogP contribution in [0.3, 0.4) is 0 Å². The SMILES string of the molecule is Cc1ncc(-c2cc(C3(NC(=O)c4cc(OC[C@@]5([SiH3])CCN5C)ccc4C)CC3)c3cccnc3c2)s1. The molecule has 6 rings (SSSR count). The lowest BCUT2D eigenvalue weighted by atomic mass is 9.95. The van der Waals surface area contributed by atoms with Gasteiger partial charge in [0.05, 0.1) is 20.9 Å². The zero-order valence-corrected chi connectivity index (χ0v) is 24.6. The summed E-state index contributed by atoms with van der Waals surface area (Å²) in [5, 5.41) is 5.72. The van der Waals surface area contributed by atoms with Gasteiger partial charge in [-0.2, -0.15) is 0 Å². The maximum absolute atomic E-state index is 13.7. The minimum atomic E-state index is -0.398. The van der Waals surface area contributed by atoms with Gasteiger partial charge in [-0.15, -0.1) is 11.3 Å². The first kappa shape index (κ1) is 24.3. The highest BCUT2D eigenvalue weighted by molar-refractivity contribution is 7.15. The number of benzene rings is 2. The summed E-state index contributed by atoms with van der Waals surface area (Å²) in [6.07, 6.45) is 6.73. The Morgan fingerprint density at radius 3 is 2.68 bits per heavy atom. The summed E-state index contributed by atoms with van der Waals surface area (Å²) in [5.41, 5.74) is 4.38. The third kappa shape index (κ3) is 4.47. The van der Waals surface area contributed by atoms with Crippen molar-refractivity contribution in [3.8, 4) is 16.2 Å².